The zero-order valence-electron chi connectivity index (χ0n) is 10.3. The van der Waals surface area contributed by atoms with E-state index in [9.17, 15) is 9.59 Å². The fourth-order valence-electron chi connectivity index (χ4n) is 1.44. The van der Waals surface area contributed by atoms with Gasteiger partial charge < -0.3 is 9.79 Å². The number of benzene rings is 2. The van der Waals surface area contributed by atoms with Gasteiger partial charge in [0.25, 0.3) is 8.25 Å². The van der Waals surface area contributed by atoms with Crippen molar-refractivity contribution in [3.8, 4) is 0 Å². The third-order valence-electron chi connectivity index (χ3n) is 2.28. The zero-order chi connectivity index (χ0) is 15.0. The molecule has 0 spiro atoms. The van der Waals surface area contributed by atoms with Crippen LogP contribution in [0, 0.1) is 0 Å². The predicted octanol–water partition coefficient (Wildman–Crippen LogP) is 1.12. The molecule has 0 amide bonds. The highest BCUT2D eigenvalue weighted by molar-refractivity contribution is 7.27. The summed E-state index contributed by atoms with van der Waals surface area (Å²) in [5.41, 5.74) is 0.854. The van der Waals surface area contributed by atoms with E-state index in [4.69, 9.17) is 14.4 Å². The van der Waals surface area contributed by atoms with Gasteiger partial charge in [-0.25, -0.2) is 0 Å². The van der Waals surface area contributed by atoms with Gasteiger partial charge in [-0.2, -0.15) is 0 Å². The first kappa shape index (κ1) is 15.9. The Labute approximate surface area is 116 Å². The van der Waals surface area contributed by atoms with E-state index in [0.717, 1.165) is 0 Å². The van der Waals surface area contributed by atoms with Crippen LogP contribution < -0.4 is 9.79 Å². The molecule has 0 saturated carbocycles. The highest BCUT2D eigenvalue weighted by atomic mass is 31.1. The van der Waals surface area contributed by atoms with Crippen molar-refractivity contribution in [2.24, 2.45) is 0 Å². The van der Waals surface area contributed by atoms with Gasteiger partial charge in [0.1, 0.15) is 0 Å². The lowest BCUT2D eigenvalue weighted by molar-refractivity contribution is -0.297. The number of carbonyl (C=O) groups excluding carboxylic acids is 2. The molecule has 2 aromatic carbocycles. The summed E-state index contributed by atoms with van der Waals surface area (Å²) < 4.78 is 8.48. The van der Waals surface area contributed by atoms with Gasteiger partial charge in [0.2, 0.25) is 11.6 Å². The Balaban J connectivity index is 0.000000444. The van der Waals surface area contributed by atoms with Crippen molar-refractivity contribution < 1.29 is 23.9 Å². The smallest absolute Gasteiger partial charge is 0.276 e. The first-order valence-corrected chi connectivity index (χ1v) is 6.62. The van der Waals surface area contributed by atoms with E-state index in [1.165, 1.54) is 0 Å². The molecule has 0 heterocycles. The number of hydrogen-bond donors (Lipinski definition) is 0. The van der Waals surface area contributed by atoms with Gasteiger partial charge in [0.05, 0.1) is 0 Å². The topological polar surface area (TPSA) is 97.3 Å². The highest BCUT2D eigenvalue weighted by Crippen LogP contribution is 2.07. The van der Waals surface area contributed by atoms with Gasteiger partial charge in [-0.3, -0.25) is 9.59 Å². The van der Waals surface area contributed by atoms with Crippen LogP contribution in [0.3, 0.4) is 0 Å². The van der Waals surface area contributed by atoms with Crippen LogP contribution in [0.5, 0.6) is 0 Å². The lowest BCUT2D eigenvalue weighted by Gasteiger charge is -1.99. The summed E-state index contributed by atoms with van der Waals surface area (Å²) in [5, 5.41) is 0. The summed E-state index contributed by atoms with van der Waals surface area (Å²) in [4.78, 5) is 40.6. The van der Waals surface area contributed by atoms with Crippen LogP contribution in [0.4, 0.5) is 0 Å². The van der Waals surface area contributed by atoms with E-state index in [1.54, 1.807) is 48.5 Å². The van der Waals surface area contributed by atoms with E-state index in [2.05, 4.69) is 0 Å². The molecule has 0 aliphatic heterocycles. The van der Waals surface area contributed by atoms with E-state index in [1.807, 2.05) is 12.1 Å². The standard InChI is InChI=1S/C14H10O2.HO3P/c15-13(11-7-3-1-4-8-11)14(16)12-9-5-2-6-10-12;1-4(2)3/h1-10H;(H,1,2,3)/p-1. The molecule has 2 aromatic rings. The second kappa shape index (κ2) is 8.07. The molecule has 0 bridgehead atoms. The van der Waals surface area contributed by atoms with Crippen molar-refractivity contribution >= 4 is 19.8 Å². The second-order valence-electron chi connectivity index (χ2n) is 3.61. The van der Waals surface area contributed by atoms with Crippen LogP contribution in [0.2, 0.25) is 0 Å². The van der Waals surface area contributed by atoms with E-state index >= 15 is 0 Å². The molecule has 20 heavy (non-hydrogen) atoms. The minimum atomic E-state index is -3.37. The summed E-state index contributed by atoms with van der Waals surface area (Å²) in [5.74, 6) is -0.932. The van der Waals surface area contributed by atoms with E-state index in [-0.39, 0.29) is 0 Å². The molecular formula is C14H10O5P-. The van der Waals surface area contributed by atoms with Gasteiger partial charge in [-0.05, 0) is 0 Å². The van der Waals surface area contributed by atoms with Crippen LogP contribution in [-0.4, -0.2) is 11.6 Å². The maximum Gasteiger partial charge on any atom is 0.276 e. The number of ketones is 2. The molecule has 0 N–H and O–H groups in total. The lowest BCUT2D eigenvalue weighted by atomic mass is 10.0. The van der Waals surface area contributed by atoms with Crippen LogP contribution in [0.1, 0.15) is 20.7 Å². The summed E-state index contributed by atoms with van der Waals surface area (Å²) in [6, 6.07) is 17.2. The molecule has 102 valence electrons. The van der Waals surface area contributed by atoms with Crippen LogP contribution in [0.15, 0.2) is 60.7 Å². The largest absolute Gasteiger partial charge is 0.598 e. The third kappa shape index (κ3) is 5.20. The van der Waals surface area contributed by atoms with Gasteiger partial charge in [0.15, 0.2) is 0 Å². The fourth-order valence-corrected chi connectivity index (χ4v) is 1.44. The number of Topliss-reactive ketones (excluding diaryl/α,β-unsaturated/α-hetero) is 2. The third-order valence-corrected chi connectivity index (χ3v) is 2.28. The molecule has 0 unspecified atom stereocenters. The first-order chi connectivity index (χ1) is 9.52. The summed E-state index contributed by atoms with van der Waals surface area (Å²) in [7, 11) is -3.37. The highest BCUT2D eigenvalue weighted by Gasteiger charge is 2.16. The monoisotopic (exact) mass is 289 g/mol. The van der Waals surface area contributed by atoms with Crippen molar-refractivity contribution in [3.05, 3.63) is 71.8 Å². The molecule has 0 saturated heterocycles. The molecule has 0 aromatic heterocycles. The molecular weight excluding hydrogens is 279 g/mol. The Morgan fingerprint density at radius 3 is 1.20 bits per heavy atom. The predicted molar refractivity (Wildman–Crippen MR) is 69.2 cm³/mol. The molecule has 2 rings (SSSR count). The Kier molecular flexibility index (Phi) is 6.40. The van der Waals surface area contributed by atoms with Gasteiger partial charge >= 0.3 is 0 Å². The molecule has 0 radical (unpaired) electrons. The van der Waals surface area contributed by atoms with Crippen molar-refractivity contribution in [3.63, 3.8) is 0 Å². The maximum absolute atomic E-state index is 11.8. The van der Waals surface area contributed by atoms with Crippen molar-refractivity contribution in [1.82, 2.24) is 0 Å². The van der Waals surface area contributed by atoms with Crippen LogP contribution >= 0.6 is 8.25 Å². The number of hydrogen-bond acceptors (Lipinski definition) is 5. The average Bonchev–Trinajstić information content (AvgIpc) is 2.47. The molecule has 0 atom stereocenters. The number of carbonyl (C=O) groups is 2. The molecule has 0 fully saturated rings. The Morgan fingerprint density at radius 2 is 0.950 bits per heavy atom. The van der Waals surface area contributed by atoms with E-state index < -0.39 is 19.8 Å². The summed E-state index contributed by atoms with van der Waals surface area (Å²) in [6.07, 6.45) is 0. The van der Waals surface area contributed by atoms with Crippen molar-refractivity contribution in [2.45, 2.75) is 0 Å². The SMILES string of the molecule is O=C(C(=O)c1ccccc1)c1ccccc1.O=[P+]([O-])[O-]. The second-order valence-corrected chi connectivity index (χ2v) is 4.06. The number of rotatable bonds is 3. The zero-order valence-corrected chi connectivity index (χ0v) is 11.2. The van der Waals surface area contributed by atoms with Crippen LogP contribution in [-0.2, 0) is 4.57 Å². The average molecular weight is 289 g/mol. The Morgan fingerprint density at radius 1 is 0.700 bits per heavy atom. The summed E-state index contributed by atoms with van der Waals surface area (Å²) >= 11 is 0. The maximum atomic E-state index is 11.8. The van der Waals surface area contributed by atoms with Gasteiger partial charge in [-0.1, -0.05) is 65.2 Å². The molecule has 6 heteroatoms. The Hall–Kier alpha value is -2.20. The normalized spacial score (nSPS) is 9.10. The summed E-state index contributed by atoms with van der Waals surface area (Å²) in [6.45, 7) is 0. The first-order valence-electron chi connectivity index (χ1n) is 5.53. The van der Waals surface area contributed by atoms with Crippen LogP contribution in [0.25, 0.3) is 0 Å². The van der Waals surface area contributed by atoms with Gasteiger partial charge in [0, 0.05) is 11.1 Å². The molecule has 0 aliphatic rings. The minimum absolute atomic E-state index is 0.427. The van der Waals surface area contributed by atoms with Gasteiger partial charge in [-0.15, -0.1) is 0 Å². The molecule has 5 nitrogen and oxygen atoms in total. The fraction of sp³-hybridized carbons (Fsp3) is 0. The minimum Gasteiger partial charge on any atom is -0.598 e. The molecule has 0 aliphatic carbocycles. The Bertz CT molecular complexity index is 542. The van der Waals surface area contributed by atoms with Crippen molar-refractivity contribution in [1.29, 1.82) is 0 Å². The van der Waals surface area contributed by atoms with Crippen molar-refractivity contribution in [2.75, 3.05) is 0 Å². The van der Waals surface area contributed by atoms with E-state index in [0.29, 0.717) is 11.1 Å². The lowest BCUT2D eigenvalue weighted by Crippen LogP contribution is -2.14. The quantitative estimate of drug-likeness (QED) is 0.479.